The number of fused-ring (bicyclic) bond motifs is 1. The molecular formula is C13H12N4O2. The van der Waals surface area contributed by atoms with Crippen LogP contribution in [0.4, 0.5) is 0 Å². The second-order valence-electron chi connectivity index (χ2n) is 4.35. The molecule has 0 atom stereocenters. The van der Waals surface area contributed by atoms with Crippen molar-refractivity contribution in [1.82, 2.24) is 19.3 Å². The number of carboxylic acids is 1. The maximum Gasteiger partial charge on any atom is 0.335 e. The summed E-state index contributed by atoms with van der Waals surface area (Å²) in [7, 11) is 1.83. The maximum atomic E-state index is 11.1. The van der Waals surface area contributed by atoms with Crippen LogP contribution in [-0.4, -0.2) is 30.4 Å². The Kier molecular flexibility index (Phi) is 2.38. The molecule has 0 fully saturated rings. The van der Waals surface area contributed by atoms with E-state index < -0.39 is 5.97 Å². The predicted molar refractivity (Wildman–Crippen MR) is 69.5 cm³/mol. The van der Waals surface area contributed by atoms with Crippen molar-refractivity contribution in [1.29, 1.82) is 0 Å². The lowest BCUT2D eigenvalue weighted by Gasteiger charge is -2.02. The van der Waals surface area contributed by atoms with Crippen molar-refractivity contribution < 1.29 is 9.90 Å². The molecule has 2 heterocycles. The van der Waals surface area contributed by atoms with Gasteiger partial charge in [-0.1, -0.05) is 0 Å². The molecule has 0 unspecified atom stereocenters. The standard InChI is InChI=1S/C13H12N4O2/c1-8-14-10-4-3-9(13(18)19)7-11(10)17(8)12-5-6-16(2)15-12/h3-7H,1-2H3,(H,18,19). The van der Waals surface area contributed by atoms with Crippen LogP contribution in [0.25, 0.3) is 16.9 Å². The Balaban J connectivity index is 2.31. The van der Waals surface area contributed by atoms with Gasteiger partial charge in [-0.3, -0.25) is 9.25 Å². The van der Waals surface area contributed by atoms with E-state index in [9.17, 15) is 4.79 Å². The largest absolute Gasteiger partial charge is 0.478 e. The Morgan fingerprint density at radius 3 is 2.74 bits per heavy atom. The average Bonchev–Trinajstić information content (AvgIpc) is 2.90. The number of aromatic nitrogens is 4. The smallest absolute Gasteiger partial charge is 0.335 e. The third-order valence-electron chi connectivity index (χ3n) is 3.00. The highest BCUT2D eigenvalue weighted by molar-refractivity contribution is 5.92. The molecular weight excluding hydrogens is 244 g/mol. The predicted octanol–water partition coefficient (Wildman–Crippen LogP) is 1.77. The number of imidazole rings is 1. The summed E-state index contributed by atoms with van der Waals surface area (Å²) in [5.41, 5.74) is 1.74. The van der Waals surface area contributed by atoms with E-state index in [-0.39, 0.29) is 5.56 Å². The zero-order valence-corrected chi connectivity index (χ0v) is 10.5. The molecule has 3 rings (SSSR count). The lowest BCUT2D eigenvalue weighted by atomic mass is 10.2. The molecule has 0 aliphatic carbocycles. The Labute approximate surface area is 108 Å². The van der Waals surface area contributed by atoms with Gasteiger partial charge >= 0.3 is 5.97 Å². The van der Waals surface area contributed by atoms with Gasteiger partial charge in [0.05, 0.1) is 16.6 Å². The van der Waals surface area contributed by atoms with E-state index in [0.717, 1.165) is 22.7 Å². The van der Waals surface area contributed by atoms with E-state index in [2.05, 4.69) is 10.1 Å². The lowest BCUT2D eigenvalue weighted by molar-refractivity contribution is 0.0697. The van der Waals surface area contributed by atoms with Crippen molar-refractivity contribution in [3.8, 4) is 5.82 Å². The second kappa shape index (κ2) is 3.94. The highest BCUT2D eigenvalue weighted by Gasteiger charge is 2.13. The van der Waals surface area contributed by atoms with Crippen LogP contribution in [0.15, 0.2) is 30.5 Å². The summed E-state index contributed by atoms with van der Waals surface area (Å²) in [6, 6.07) is 6.75. The van der Waals surface area contributed by atoms with Crippen molar-refractivity contribution in [2.45, 2.75) is 6.92 Å². The zero-order chi connectivity index (χ0) is 13.6. The minimum Gasteiger partial charge on any atom is -0.478 e. The quantitative estimate of drug-likeness (QED) is 0.758. The summed E-state index contributed by atoms with van der Waals surface area (Å²) in [4.78, 5) is 15.5. The molecule has 6 heteroatoms. The highest BCUT2D eigenvalue weighted by atomic mass is 16.4. The first kappa shape index (κ1) is 11.5. The Morgan fingerprint density at radius 1 is 1.32 bits per heavy atom. The van der Waals surface area contributed by atoms with Crippen molar-refractivity contribution in [2.75, 3.05) is 0 Å². The normalized spacial score (nSPS) is 11.1. The molecule has 0 bridgehead atoms. The second-order valence-corrected chi connectivity index (χ2v) is 4.35. The number of aromatic carboxylic acids is 1. The van der Waals surface area contributed by atoms with Gasteiger partial charge in [0, 0.05) is 19.3 Å². The van der Waals surface area contributed by atoms with Crippen LogP contribution in [0.5, 0.6) is 0 Å². The summed E-state index contributed by atoms with van der Waals surface area (Å²) in [5.74, 6) is 0.551. The number of rotatable bonds is 2. The van der Waals surface area contributed by atoms with E-state index in [1.807, 2.05) is 30.8 Å². The molecule has 2 aromatic heterocycles. The Hall–Kier alpha value is -2.63. The molecule has 19 heavy (non-hydrogen) atoms. The van der Waals surface area contributed by atoms with Gasteiger partial charge in [-0.25, -0.2) is 9.78 Å². The van der Waals surface area contributed by atoms with Crippen LogP contribution in [0, 0.1) is 6.92 Å². The van der Waals surface area contributed by atoms with Gasteiger partial charge in [0.1, 0.15) is 5.82 Å². The van der Waals surface area contributed by atoms with E-state index in [1.54, 1.807) is 22.9 Å². The van der Waals surface area contributed by atoms with Gasteiger partial charge in [0.25, 0.3) is 0 Å². The van der Waals surface area contributed by atoms with Crippen LogP contribution >= 0.6 is 0 Å². The molecule has 0 aliphatic heterocycles. The van der Waals surface area contributed by atoms with Gasteiger partial charge in [-0.05, 0) is 25.1 Å². The summed E-state index contributed by atoms with van der Waals surface area (Å²) in [6.07, 6.45) is 1.83. The number of aryl methyl sites for hydroxylation is 2. The molecule has 6 nitrogen and oxygen atoms in total. The first-order valence-electron chi connectivity index (χ1n) is 5.78. The molecule has 0 aliphatic rings. The summed E-state index contributed by atoms with van der Waals surface area (Å²) < 4.78 is 3.55. The molecule has 0 saturated heterocycles. The van der Waals surface area contributed by atoms with Crippen LogP contribution in [0.3, 0.4) is 0 Å². The molecule has 1 aromatic carbocycles. The Bertz CT molecular complexity index is 785. The van der Waals surface area contributed by atoms with Crippen molar-refractivity contribution in [3.63, 3.8) is 0 Å². The highest BCUT2D eigenvalue weighted by Crippen LogP contribution is 2.21. The fourth-order valence-corrected chi connectivity index (χ4v) is 2.14. The van der Waals surface area contributed by atoms with Crippen LogP contribution in [-0.2, 0) is 7.05 Å². The lowest BCUT2D eigenvalue weighted by Crippen LogP contribution is -2.01. The van der Waals surface area contributed by atoms with Gasteiger partial charge < -0.3 is 5.11 Å². The molecule has 0 spiro atoms. The number of carbonyl (C=O) groups is 1. The van der Waals surface area contributed by atoms with E-state index in [1.165, 1.54) is 0 Å². The third kappa shape index (κ3) is 1.77. The molecule has 1 N–H and O–H groups in total. The first-order chi connectivity index (χ1) is 9.06. The van der Waals surface area contributed by atoms with Gasteiger partial charge in [0.15, 0.2) is 5.82 Å². The zero-order valence-electron chi connectivity index (χ0n) is 10.5. The SMILES string of the molecule is Cc1nc2ccc(C(=O)O)cc2n1-c1ccn(C)n1. The molecule has 0 saturated carbocycles. The third-order valence-corrected chi connectivity index (χ3v) is 3.00. The Morgan fingerprint density at radius 2 is 2.11 bits per heavy atom. The first-order valence-corrected chi connectivity index (χ1v) is 5.78. The number of hydrogen-bond donors (Lipinski definition) is 1. The molecule has 0 amide bonds. The van der Waals surface area contributed by atoms with Crippen LogP contribution < -0.4 is 0 Å². The fourth-order valence-electron chi connectivity index (χ4n) is 2.14. The molecule has 3 aromatic rings. The fraction of sp³-hybridized carbons (Fsp3) is 0.154. The van der Waals surface area contributed by atoms with E-state index >= 15 is 0 Å². The van der Waals surface area contributed by atoms with E-state index in [4.69, 9.17) is 5.11 Å². The van der Waals surface area contributed by atoms with Gasteiger partial charge in [-0.2, -0.15) is 5.10 Å². The van der Waals surface area contributed by atoms with Gasteiger partial charge in [-0.15, -0.1) is 0 Å². The summed E-state index contributed by atoms with van der Waals surface area (Å²) in [6.45, 7) is 1.87. The van der Waals surface area contributed by atoms with Crippen molar-refractivity contribution in [3.05, 3.63) is 41.9 Å². The minimum atomic E-state index is -0.951. The minimum absolute atomic E-state index is 0.240. The number of benzene rings is 1. The number of hydrogen-bond acceptors (Lipinski definition) is 3. The topological polar surface area (TPSA) is 72.9 Å². The van der Waals surface area contributed by atoms with E-state index in [0.29, 0.717) is 0 Å². The van der Waals surface area contributed by atoms with Crippen LogP contribution in [0.1, 0.15) is 16.2 Å². The number of carboxylic acid groups (broad SMARTS) is 1. The summed E-state index contributed by atoms with van der Waals surface area (Å²) >= 11 is 0. The monoisotopic (exact) mass is 256 g/mol. The van der Waals surface area contributed by atoms with Crippen LogP contribution in [0.2, 0.25) is 0 Å². The van der Waals surface area contributed by atoms with Crippen molar-refractivity contribution in [2.24, 2.45) is 7.05 Å². The molecule has 96 valence electrons. The maximum absolute atomic E-state index is 11.1. The molecule has 0 radical (unpaired) electrons. The van der Waals surface area contributed by atoms with Gasteiger partial charge in [0.2, 0.25) is 0 Å². The average molecular weight is 256 g/mol. The van der Waals surface area contributed by atoms with Crippen molar-refractivity contribution >= 4 is 17.0 Å². The summed E-state index contributed by atoms with van der Waals surface area (Å²) in [5, 5.41) is 13.4. The number of nitrogens with zero attached hydrogens (tertiary/aromatic N) is 4.